The second kappa shape index (κ2) is 9.02. The van der Waals surface area contributed by atoms with Crippen LogP contribution in [0.25, 0.3) is 5.76 Å². The van der Waals surface area contributed by atoms with Crippen molar-refractivity contribution in [1.82, 2.24) is 9.88 Å². The number of rotatable bonds is 5. The number of ether oxygens (including phenoxy) is 1. The quantitative estimate of drug-likeness (QED) is 0.318. The van der Waals surface area contributed by atoms with Gasteiger partial charge in [0.25, 0.3) is 11.7 Å². The van der Waals surface area contributed by atoms with E-state index in [1.165, 1.54) is 4.90 Å². The maximum Gasteiger partial charge on any atom is 0.295 e. The zero-order valence-electron chi connectivity index (χ0n) is 20.1. The van der Waals surface area contributed by atoms with E-state index in [2.05, 4.69) is 18.8 Å². The molecule has 0 saturated carbocycles. The summed E-state index contributed by atoms with van der Waals surface area (Å²) in [4.78, 5) is 32.2. The molecule has 1 N–H and O–H groups in total. The number of hydrogen-bond acceptors (Lipinski definition) is 5. The molecule has 0 radical (unpaired) electrons. The van der Waals surface area contributed by atoms with Gasteiger partial charge >= 0.3 is 0 Å². The molecule has 35 heavy (non-hydrogen) atoms. The van der Waals surface area contributed by atoms with Crippen LogP contribution in [-0.2, 0) is 22.6 Å². The van der Waals surface area contributed by atoms with Gasteiger partial charge in [-0.15, -0.1) is 0 Å². The number of pyridine rings is 1. The minimum atomic E-state index is -0.708. The van der Waals surface area contributed by atoms with Crippen LogP contribution in [0.15, 0.2) is 72.6 Å². The van der Waals surface area contributed by atoms with Gasteiger partial charge in [0, 0.05) is 30.9 Å². The second-order valence-electron chi connectivity index (χ2n) is 9.56. The smallest absolute Gasteiger partial charge is 0.295 e. The van der Waals surface area contributed by atoms with Crippen LogP contribution >= 0.6 is 0 Å². The molecule has 3 heterocycles. The van der Waals surface area contributed by atoms with Crippen molar-refractivity contribution in [3.8, 4) is 5.75 Å². The van der Waals surface area contributed by atoms with Gasteiger partial charge in [0.05, 0.1) is 11.6 Å². The molecule has 0 bridgehead atoms. The molecule has 2 aliphatic heterocycles. The molecule has 178 valence electrons. The first-order valence-electron chi connectivity index (χ1n) is 11.9. The van der Waals surface area contributed by atoms with Crippen molar-refractivity contribution < 1.29 is 19.4 Å². The number of likely N-dealkylation sites (tertiary alicyclic amines) is 1. The molecule has 1 saturated heterocycles. The van der Waals surface area contributed by atoms with Gasteiger partial charge in [0.15, 0.2) is 0 Å². The van der Waals surface area contributed by atoms with E-state index < -0.39 is 17.7 Å². The lowest BCUT2D eigenvalue weighted by Gasteiger charge is -2.25. The van der Waals surface area contributed by atoms with E-state index in [0.717, 1.165) is 34.4 Å². The average molecular weight is 469 g/mol. The summed E-state index contributed by atoms with van der Waals surface area (Å²) in [6.45, 7) is 6.43. The van der Waals surface area contributed by atoms with Crippen LogP contribution in [0.3, 0.4) is 0 Å². The number of Topliss-reactive ketones (excluding diaryl/α,β-unsaturated/α-hetero) is 1. The predicted molar refractivity (Wildman–Crippen MR) is 133 cm³/mol. The Bertz CT molecular complexity index is 1310. The summed E-state index contributed by atoms with van der Waals surface area (Å²) in [5, 5.41) is 11.4. The zero-order valence-corrected chi connectivity index (χ0v) is 20.1. The van der Waals surface area contributed by atoms with Crippen LogP contribution in [-0.4, -0.2) is 32.8 Å². The molecule has 0 unspecified atom stereocenters. The number of amides is 1. The van der Waals surface area contributed by atoms with E-state index in [0.29, 0.717) is 11.5 Å². The lowest BCUT2D eigenvalue weighted by atomic mass is 9.92. The molecule has 0 spiro atoms. The van der Waals surface area contributed by atoms with Crippen molar-refractivity contribution in [3.05, 3.63) is 100 Å². The molecule has 6 heteroatoms. The Hall–Kier alpha value is -3.93. The van der Waals surface area contributed by atoms with Crippen LogP contribution < -0.4 is 4.74 Å². The summed E-state index contributed by atoms with van der Waals surface area (Å²) in [7, 11) is 0. The van der Waals surface area contributed by atoms with Crippen LogP contribution in [0.1, 0.15) is 60.5 Å². The Morgan fingerprint density at radius 3 is 2.60 bits per heavy atom. The summed E-state index contributed by atoms with van der Waals surface area (Å²) in [6, 6.07) is 16.3. The van der Waals surface area contributed by atoms with Crippen molar-refractivity contribution in [2.24, 2.45) is 0 Å². The maximum atomic E-state index is 13.3. The van der Waals surface area contributed by atoms with Crippen molar-refractivity contribution in [2.75, 3.05) is 0 Å². The van der Waals surface area contributed by atoms with Crippen molar-refractivity contribution >= 4 is 17.4 Å². The third kappa shape index (κ3) is 4.20. The van der Waals surface area contributed by atoms with Gasteiger partial charge in [0.2, 0.25) is 0 Å². The zero-order chi connectivity index (χ0) is 24.7. The van der Waals surface area contributed by atoms with Crippen molar-refractivity contribution in [3.63, 3.8) is 0 Å². The molecule has 2 atom stereocenters. The first-order valence-corrected chi connectivity index (χ1v) is 11.9. The first-order chi connectivity index (χ1) is 16.8. The lowest BCUT2D eigenvalue weighted by Crippen LogP contribution is -2.29. The lowest BCUT2D eigenvalue weighted by molar-refractivity contribution is -0.140. The van der Waals surface area contributed by atoms with Gasteiger partial charge in [-0.1, -0.05) is 44.2 Å². The number of fused-ring (bicyclic) bond motifs is 1. The van der Waals surface area contributed by atoms with E-state index >= 15 is 0 Å². The normalized spacial score (nSPS) is 20.9. The summed E-state index contributed by atoms with van der Waals surface area (Å²) in [6.07, 6.45) is 4.14. The molecule has 6 nitrogen and oxygen atoms in total. The molecule has 0 aliphatic carbocycles. The summed E-state index contributed by atoms with van der Waals surface area (Å²) >= 11 is 0. The van der Waals surface area contributed by atoms with Gasteiger partial charge < -0.3 is 14.7 Å². The minimum Gasteiger partial charge on any atom is -0.507 e. The highest BCUT2D eigenvalue weighted by atomic mass is 16.5. The van der Waals surface area contributed by atoms with Crippen LogP contribution in [0.4, 0.5) is 0 Å². The summed E-state index contributed by atoms with van der Waals surface area (Å²) in [5.41, 5.74) is 4.32. The van der Waals surface area contributed by atoms with E-state index in [1.807, 2.05) is 49.4 Å². The number of aliphatic hydroxyl groups is 1. The fourth-order valence-electron chi connectivity index (χ4n) is 4.87. The van der Waals surface area contributed by atoms with Crippen LogP contribution in [0.5, 0.6) is 5.75 Å². The molecule has 2 aromatic carbocycles. The SMILES string of the molecule is CC(C)c1ccc([C@H]2C(=C(O)c3ccc4c(c3)C[C@H](C)O4)C(=O)C(=O)N2Cc2cccnc2)cc1. The van der Waals surface area contributed by atoms with Gasteiger partial charge in [-0.3, -0.25) is 14.6 Å². The van der Waals surface area contributed by atoms with Crippen molar-refractivity contribution in [1.29, 1.82) is 0 Å². The number of carbonyl (C=O) groups is 2. The van der Waals surface area contributed by atoms with Crippen molar-refractivity contribution in [2.45, 2.75) is 51.8 Å². The second-order valence-corrected chi connectivity index (χ2v) is 9.56. The molecular formula is C29H28N2O4. The fraction of sp³-hybridized carbons (Fsp3) is 0.276. The van der Waals surface area contributed by atoms with E-state index in [-0.39, 0.29) is 24.0 Å². The number of benzene rings is 2. The number of nitrogens with zero attached hydrogens (tertiary/aromatic N) is 2. The third-order valence-electron chi connectivity index (χ3n) is 6.70. The van der Waals surface area contributed by atoms with Gasteiger partial charge in [-0.25, -0.2) is 0 Å². The van der Waals surface area contributed by atoms with E-state index in [4.69, 9.17) is 4.74 Å². The Morgan fingerprint density at radius 1 is 1.14 bits per heavy atom. The highest BCUT2D eigenvalue weighted by Gasteiger charge is 2.46. The number of aliphatic hydroxyl groups excluding tert-OH is 1. The Labute approximate surface area is 204 Å². The largest absolute Gasteiger partial charge is 0.507 e. The number of carbonyl (C=O) groups excluding carboxylic acids is 2. The van der Waals surface area contributed by atoms with Gasteiger partial charge in [-0.2, -0.15) is 0 Å². The predicted octanol–water partition coefficient (Wildman–Crippen LogP) is 5.15. The summed E-state index contributed by atoms with van der Waals surface area (Å²) < 4.78 is 5.78. The third-order valence-corrected chi connectivity index (χ3v) is 6.70. The Morgan fingerprint density at radius 2 is 1.91 bits per heavy atom. The molecule has 1 fully saturated rings. The monoisotopic (exact) mass is 468 g/mol. The fourth-order valence-corrected chi connectivity index (χ4v) is 4.87. The first kappa shape index (κ1) is 22.8. The number of ketones is 1. The molecular weight excluding hydrogens is 440 g/mol. The highest BCUT2D eigenvalue weighted by molar-refractivity contribution is 6.46. The molecule has 3 aromatic rings. The minimum absolute atomic E-state index is 0.0620. The maximum absolute atomic E-state index is 13.3. The van der Waals surface area contributed by atoms with E-state index in [1.54, 1.807) is 24.5 Å². The topological polar surface area (TPSA) is 79.7 Å². The summed E-state index contributed by atoms with van der Waals surface area (Å²) in [5.74, 6) is -0.355. The molecule has 1 aromatic heterocycles. The molecule has 5 rings (SSSR count). The Kier molecular flexibility index (Phi) is 5.89. The molecule has 2 aliphatic rings. The average Bonchev–Trinajstić information content (AvgIpc) is 3.35. The van der Waals surface area contributed by atoms with Gasteiger partial charge in [-0.05, 0) is 59.4 Å². The van der Waals surface area contributed by atoms with E-state index in [9.17, 15) is 14.7 Å². The van der Waals surface area contributed by atoms with Crippen LogP contribution in [0.2, 0.25) is 0 Å². The van der Waals surface area contributed by atoms with Gasteiger partial charge in [0.1, 0.15) is 17.6 Å². The standard InChI is InChI=1S/C29H28N2O4/c1-17(2)20-6-8-21(9-7-20)26-25(27(32)22-10-11-24-23(14-22)13-18(3)35-24)28(33)29(34)31(26)16-19-5-4-12-30-15-19/h4-12,14-15,17-18,26,32H,13,16H2,1-3H3/t18-,26-/m0/s1. The number of aromatic nitrogens is 1. The highest BCUT2D eigenvalue weighted by Crippen LogP contribution is 2.41. The van der Waals surface area contributed by atoms with Crippen LogP contribution in [0, 0.1) is 0 Å². The number of hydrogen-bond donors (Lipinski definition) is 1. The molecule has 1 amide bonds. The Balaban J connectivity index is 1.62.